The maximum absolute atomic E-state index is 10.5. The van der Waals surface area contributed by atoms with Crippen molar-refractivity contribution < 1.29 is 9.90 Å². The van der Waals surface area contributed by atoms with Gasteiger partial charge in [-0.15, -0.1) is 0 Å². The molecular weight excluding hydrogens is 318 g/mol. The topological polar surface area (TPSA) is 40.5 Å². The SMILES string of the molecule is CCC1CCN(c2ccc(/C=C/C(=O)O)cc2Br)CC1. The molecule has 2 rings (SSSR count). The van der Waals surface area contributed by atoms with Gasteiger partial charge in [0.2, 0.25) is 0 Å². The molecule has 0 saturated carbocycles. The van der Waals surface area contributed by atoms with Gasteiger partial charge in [-0.1, -0.05) is 19.4 Å². The smallest absolute Gasteiger partial charge is 0.328 e. The van der Waals surface area contributed by atoms with Gasteiger partial charge in [0.15, 0.2) is 0 Å². The predicted octanol–water partition coefficient (Wildman–Crippen LogP) is 4.17. The Morgan fingerprint density at radius 1 is 1.45 bits per heavy atom. The van der Waals surface area contributed by atoms with Crippen LogP contribution in [0.1, 0.15) is 31.7 Å². The third-order valence-corrected chi connectivity index (χ3v) is 4.56. The van der Waals surface area contributed by atoms with Gasteiger partial charge in [0, 0.05) is 23.6 Å². The van der Waals surface area contributed by atoms with Gasteiger partial charge in [-0.25, -0.2) is 4.79 Å². The number of halogens is 1. The van der Waals surface area contributed by atoms with Gasteiger partial charge in [-0.2, -0.15) is 0 Å². The fraction of sp³-hybridized carbons (Fsp3) is 0.438. The fourth-order valence-electron chi connectivity index (χ4n) is 2.63. The maximum atomic E-state index is 10.5. The third kappa shape index (κ3) is 3.85. The van der Waals surface area contributed by atoms with Gasteiger partial charge in [-0.3, -0.25) is 0 Å². The molecule has 1 fully saturated rings. The van der Waals surface area contributed by atoms with Crippen LogP contribution in [0.4, 0.5) is 5.69 Å². The molecule has 0 bridgehead atoms. The molecule has 1 aliphatic heterocycles. The van der Waals surface area contributed by atoms with Gasteiger partial charge in [-0.05, 0) is 58.5 Å². The van der Waals surface area contributed by atoms with E-state index >= 15 is 0 Å². The molecule has 0 unspecified atom stereocenters. The number of carboxylic acid groups (broad SMARTS) is 1. The van der Waals surface area contributed by atoms with Crippen LogP contribution in [0.5, 0.6) is 0 Å². The van der Waals surface area contributed by atoms with Crippen LogP contribution in [0.15, 0.2) is 28.7 Å². The highest BCUT2D eigenvalue weighted by atomic mass is 79.9. The largest absolute Gasteiger partial charge is 0.478 e. The number of benzene rings is 1. The van der Waals surface area contributed by atoms with E-state index in [1.54, 1.807) is 6.08 Å². The van der Waals surface area contributed by atoms with Crippen molar-refractivity contribution in [1.82, 2.24) is 0 Å². The highest BCUT2D eigenvalue weighted by Crippen LogP contribution is 2.31. The summed E-state index contributed by atoms with van der Waals surface area (Å²) in [6, 6.07) is 6.00. The first kappa shape index (κ1) is 15.1. The lowest BCUT2D eigenvalue weighted by Crippen LogP contribution is -2.33. The lowest BCUT2D eigenvalue weighted by Gasteiger charge is -2.34. The molecule has 20 heavy (non-hydrogen) atoms. The third-order valence-electron chi connectivity index (χ3n) is 3.92. The van der Waals surface area contributed by atoms with E-state index < -0.39 is 5.97 Å². The average molecular weight is 338 g/mol. The number of carboxylic acids is 1. The first-order valence-electron chi connectivity index (χ1n) is 7.05. The van der Waals surface area contributed by atoms with Crippen LogP contribution in [-0.2, 0) is 4.79 Å². The number of carbonyl (C=O) groups is 1. The summed E-state index contributed by atoms with van der Waals surface area (Å²) < 4.78 is 1.03. The molecule has 0 amide bonds. The van der Waals surface area contributed by atoms with E-state index in [1.807, 2.05) is 12.1 Å². The number of anilines is 1. The molecular formula is C16H20BrNO2. The van der Waals surface area contributed by atoms with Crippen molar-refractivity contribution in [3.05, 3.63) is 34.3 Å². The van der Waals surface area contributed by atoms with Gasteiger partial charge in [0.25, 0.3) is 0 Å². The van der Waals surface area contributed by atoms with Crippen LogP contribution >= 0.6 is 15.9 Å². The zero-order chi connectivity index (χ0) is 14.5. The second-order valence-electron chi connectivity index (χ2n) is 5.22. The molecule has 3 nitrogen and oxygen atoms in total. The number of nitrogens with zero attached hydrogens (tertiary/aromatic N) is 1. The van der Waals surface area contributed by atoms with Crippen LogP contribution in [0.3, 0.4) is 0 Å². The normalized spacial score (nSPS) is 16.8. The summed E-state index contributed by atoms with van der Waals surface area (Å²) in [5.41, 5.74) is 2.10. The summed E-state index contributed by atoms with van der Waals surface area (Å²) in [5, 5.41) is 8.64. The second kappa shape index (κ2) is 6.93. The summed E-state index contributed by atoms with van der Waals surface area (Å²) in [7, 11) is 0. The quantitative estimate of drug-likeness (QED) is 0.838. The number of hydrogen-bond acceptors (Lipinski definition) is 2. The molecule has 1 heterocycles. The van der Waals surface area contributed by atoms with E-state index in [4.69, 9.17) is 5.11 Å². The van der Waals surface area contributed by atoms with Crippen molar-refractivity contribution in [1.29, 1.82) is 0 Å². The monoisotopic (exact) mass is 337 g/mol. The Morgan fingerprint density at radius 2 is 2.15 bits per heavy atom. The van der Waals surface area contributed by atoms with Crippen molar-refractivity contribution >= 4 is 33.7 Å². The number of piperidine rings is 1. The standard InChI is InChI=1S/C16H20BrNO2/c1-2-12-7-9-18(10-8-12)15-5-3-13(11-14(15)17)4-6-16(19)20/h3-6,11-12H,2,7-10H2,1H3,(H,19,20)/b6-4+. The molecule has 0 aliphatic carbocycles. The molecule has 0 atom stereocenters. The predicted molar refractivity (Wildman–Crippen MR) is 86.0 cm³/mol. The maximum Gasteiger partial charge on any atom is 0.328 e. The van der Waals surface area contributed by atoms with Gasteiger partial charge < -0.3 is 10.0 Å². The van der Waals surface area contributed by atoms with E-state index in [9.17, 15) is 4.79 Å². The van der Waals surface area contributed by atoms with E-state index in [2.05, 4.69) is 33.8 Å². The number of rotatable bonds is 4. The van der Waals surface area contributed by atoms with E-state index in [-0.39, 0.29) is 0 Å². The van der Waals surface area contributed by atoms with Crippen LogP contribution in [-0.4, -0.2) is 24.2 Å². The van der Waals surface area contributed by atoms with Gasteiger partial charge in [0.1, 0.15) is 0 Å². The highest BCUT2D eigenvalue weighted by molar-refractivity contribution is 9.10. The summed E-state index contributed by atoms with van der Waals surface area (Å²) in [4.78, 5) is 12.9. The van der Waals surface area contributed by atoms with Crippen molar-refractivity contribution in [3.8, 4) is 0 Å². The average Bonchev–Trinajstić information content (AvgIpc) is 2.45. The molecule has 108 valence electrons. The second-order valence-corrected chi connectivity index (χ2v) is 6.08. The minimum atomic E-state index is -0.924. The Labute approximate surface area is 128 Å². The van der Waals surface area contributed by atoms with Gasteiger partial charge in [0.05, 0.1) is 5.69 Å². The molecule has 1 aromatic carbocycles. The Hall–Kier alpha value is -1.29. The molecule has 0 radical (unpaired) electrons. The van der Waals surface area contributed by atoms with Crippen molar-refractivity contribution in [2.75, 3.05) is 18.0 Å². The van der Waals surface area contributed by atoms with Crippen molar-refractivity contribution in [3.63, 3.8) is 0 Å². The fourth-order valence-corrected chi connectivity index (χ4v) is 3.28. The lowest BCUT2D eigenvalue weighted by molar-refractivity contribution is -0.131. The summed E-state index contributed by atoms with van der Waals surface area (Å²) >= 11 is 3.60. The first-order valence-corrected chi connectivity index (χ1v) is 7.85. The van der Waals surface area contributed by atoms with Gasteiger partial charge >= 0.3 is 5.97 Å². The Bertz CT molecular complexity index is 505. The molecule has 0 aromatic heterocycles. The number of hydrogen-bond donors (Lipinski definition) is 1. The minimum absolute atomic E-state index is 0.864. The van der Waals surface area contributed by atoms with Crippen LogP contribution in [0.2, 0.25) is 0 Å². The summed E-state index contributed by atoms with van der Waals surface area (Å²) in [6.07, 6.45) is 6.55. The Morgan fingerprint density at radius 3 is 2.70 bits per heavy atom. The molecule has 1 N–H and O–H groups in total. The molecule has 0 spiro atoms. The van der Waals surface area contributed by atoms with Crippen LogP contribution < -0.4 is 4.90 Å². The minimum Gasteiger partial charge on any atom is -0.478 e. The Kier molecular flexibility index (Phi) is 5.24. The van der Waals surface area contributed by atoms with Crippen LogP contribution in [0.25, 0.3) is 6.08 Å². The van der Waals surface area contributed by atoms with E-state index in [1.165, 1.54) is 24.9 Å². The van der Waals surface area contributed by atoms with E-state index in [0.717, 1.165) is 35.1 Å². The number of aliphatic carboxylic acids is 1. The summed E-state index contributed by atoms with van der Waals surface area (Å²) in [6.45, 7) is 4.46. The highest BCUT2D eigenvalue weighted by Gasteiger charge is 2.19. The first-order chi connectivity index (χ1) is 9.60. The molecule has 1 saturated heterocycles. The van der Waals surface area contributed by atoms with Crippen molar-refractivity contribution in [2.45, 2.75) is 26.2 Å². The van der Waals surface area contributed by atoms with Crippen LogP contribution in [0, 0.1) is 5.92 Å². The zero-order valence-corrected chi connectivity index (χ0v) is 13.3. The Balaban J connectivity index is 2.08. The van der Waals surface area contributed by atoms with E-state index in [0.29, 0.717) is 0 Å². The zero-order valence-electron chi connectivity index (χ0n) is 11.7. The molecule has 1 aliphatic rings. The lowest BCUT2D eigenvalue weighted by atomic mass is 9.94. The molecule has 4 heteroatoms. The van der Waals surface area contributed by atoms with Crippen molar-refractivity contribution in [2.24, 2.45) is 5.92 Å². The molecule has 1 aromatic rings. The summed E-state index contributed by atoms with van der Waals surface area (Å²) in [5.74, 6) is -0.0605.